The summed E-state index contributed by atoms with van der Waals surface area (Å²) in [6, 6.07) is 0. The van der Waals surface area contributed by atoms with Gasteiger partial charge in [-0.1, -0.05) is 32.5 Å². The van der Waals surface area contributed by atoms with Crippen LogP contribution in [-0.4, -0.2) is 16.6 Å². The zero-order valence-corrected chi connectivity index (χ0v) is 12.9. The van der Waals surface area contributed by atoms with E-state index < -0.39 is 0 Å². The Labute approximate surface area is 116 Å². The van der Waals surface area contributed by atoms with E-state index in [1.54, 1.807) is 0 Å². The van der Waals surface area contributed by atoms with E-state index in [-0.39, 0.29) is 6.10 Å². The quantitative estimate of drug-likeness (QED) is 0.793. The summed E-state index contributed by atoms with van der Waals surface area (Å²) in [6.45, 7) is 6.91. The summed E-state index contributed by atoms with van der Waals surface area (Å²) >= 11 is 8.71. The fraction of sp³-hybridized carbons (Fsp3) is 0.667. The number of ether oxygens (including phenoxy) is 1. The maximum Gasteiger partial charge on any atom is 0.144 e. The molecule has 1 aromatic rings. The van der Waals surface area contributed by atoms with Crippen LogP contribution in [0.3, 0.4) is 0 Å². The molecule has 0 saturated carbocycles. The fourth-order valence-electron chi connectivity index (χ4n) is 1.68. The molecule has 0 bridgehead atoms. The lowest BCUT2D eigenvalue weighted by Crippen LogP contribution is -2.11. The largest absolute Gasteiger partial charge is 0.371 e. The van der Waals surface area contributed by atoms with Gasteiger partial charge in [-0.05, 0) is 35.7 Å². The zero-order valence-electron chi connectivity index (χ0n) is 10.5. The van der Waals surface area contributed by atoms with Crippen molar-refractivity contribution in [2.45, 2.75) is 46.1 Å². The highest BCUT2D eigenvalue weighted by atomic mass is 79.9. The Morgan fingerprint density at radius 2 is 2.12 bits per heavy atom. The van der Waals surface area contributed by atoms with Crippen LogP contribution in [0.2, 0.25) is 0 Å². The maximum atomic E-state index is 5.71. The molecule has 96 valence electrons. The lowest BCUT2D eigenvalue weighted by Gasteiger charge is -2.17. The van der Waals surface area contributed by atoms with Gasteiger partial charge in [0.05, 0.1) is 4.47 Å². The predicted molar refractivity (Wildman–Crippen MR) is 75.8 cm³/mol. The van der Waals surface area contributed by atoms with Crippen LogP contribution in [0.4, 0.5) is 0 Å². The second-order valence-corrected chi connectivity index (χ2v) is 4.99. The van der Waals surface area contributed by atoms with E-state index in [1.165, 1.54) is 0 Å². The van der Waals surface area contributed by atoms with Crippen LogP contribution in [0.1, 0.15) is 51.2 Å². The summed E-state index contributed by atoms with van der Waals surface area (Å²) in [5.41, 5.74) is 1.08. The van der Waals surface area contributed by atoms with Gasteiger partial charge < -0.3 is 9.72 Å². The molecule has 1 unspecified atom stereocenters. The highest BCUT2D eigenvalue weighted by Crippen LogP contribution is 2.23. The summed E-state index contributed by atoms with van der Waals surface area (Å²) in [6.07, 6.45) is 2.93. The third-order valence-electron chi connectivity index (χ3n) is 2.53. The van der Waals surface area contributed by atoms with Gasteiger partial charge >= 0.3 is 0 Å². The smallest absolute Gasteiger partial charge is 0.144 e. The lowest BCUT2D eigenvalue weighted by molar-refractivity contribution is 0.0491. The molecule has 1 heterocycles. The van der Waals surface area contributed by atoms with Crippen molar-refractivity contribution in [3.8, 4) is 0 Å². The average molecular weight is 319 g/mol. The Morgan fingerprint density at radius 3 is 2.65 bits per heavy atom. The highest BCUT2D eigenvalue weighted by molar-refractivity contribution is 9.10. The van der Waals surface area contributed by atoms with Crippen molar-refractivity contribution >= 4 is 28.1 Å². The normalized spacial score (nSPS) is 12.7. The molecule has 0 aromatic carbocycles. The zero-order chi connectivity index (χ0) is 12.8. The third-order valence-corrected chi connectivity index (χ3v) is 3.94. The summed E-state index contributed by atoms with van der Waals surface area (Å²) in [5.74, 6) is 0.846. The molecule has 5 heteroatoms. The van der Waals surface area contributed by atoms with E-state index in [0.717, 1.165) is 35.3 Å². The first kappa shape index (κ1) is 14.8. The van der Waals surface area contributed by atoms with Gasteiger partial charge in [0.15, 0.2) is 0 Å². The number of aromatic nitrogens is 2. The van der Waals surface area contributed by atoms with E-state index in [0.29, 0.717) is 11.2 Å². The average Bonchev–Trinajstić information content (AvgIpc) is 2.32. The summed E-state index contributed by atoms with van der Waals surface area (Å²) < 4.78 is 7.21. The molecule has 0 aliphatic heterocycles. The Hall–Kier alpha value is -0.260. The molecule has 3 nitrogen and oxygen atoms in total. The number of halogens is 1. The van der Waals surface area contributed by atoms with Crippen molar-refractivity contribution < 1.29 is 4.74 Å². The first-order valence-corrected chi connectivity index (χ1v) is 7.24. The number of nitrogens with zero attached hydrogens (tertiary/aromatic N) is 1. The number of hydrogen-bond donors (Lipinski definition) is 1. The number of H-pyrrole nitrogens is 1. The van der Waals surface area contributed by atoms with Crippen LogP contribution in [0.25, 0.3) is 0 Å². The van der Waals surface area contributed by atoms with Gasteiger partial charge in [-0.15, -0.1) is 0 Å². The molecule has 0 saturated heterocycles. The van der Waals surface area contributed by atoms with Crippen molar-refractivity contribution in [3.05, 3.63) is 20.6 Å². The Balaban J connectivity index is 3.10. The third kappa shape index (κ3) is 3.86. The van der Waals surface area contributed by atoms with Crippen molar-refractivity contribution in [1.29, 1.82) is 0 Å². The van der Waals surface area contributed by atoms with Crippen molar-refractivity contribution in [3.63, 3.8) is 0 Å². The second-order valence-electron chi connectivity index (χ2n) is 3.81. The van der Waals surface area contributed by atoms with Crippen LogP contribution in [0, 0.1) is 4.64 Å². The fourth-order valence-corrected chi connectivity index (χ4v) is 2.37. The molecule has 0 radical (unpaired) electrons. The molecule has 1 rings (SSSR count). The Morgan fingerprint density at radius 1 is 1.41 bits per heavy atom. The highest BCUT2D eigenvalue weighted by Gasteiger charge is 2.15. The SMILES string of the molecule is CCCC(OCC)c1nc(=S)c(Br)c(CC)[nH]1. The van der Waals surface area contributed by atoms with Gasteiger partial charge in [-0.25, -0.2) is 4.98 Å². The molecule has 1 atom stereocenters. The Bertz CT molecular complexity index is 413. The first-order chi connectivity index (χ1) is 8.13. The molecular weight excluding hydrogens is 300 g/mol. The van der Waals surface area contributed by atoms with Gasteiger partial charge in [0.1, 0.15) is 16.6 Å². The molecule has 0 spiro atoms. The van der Waals surface area contributed by atoms with E-state index in [9.17, 15) is 0 Å². The lowest BCUT2D eigenvalue weighted by atomic mass is 10.2. The molecule has 1 N–H and O–H groups in total. The molecular formula is C12H19BrN2OS. The monoisotopic (exact) mass is 318 g/mol. The van der Waals surface area contributed by atoms with Gasteiger partial charge in [-0.2, -0.15) is 0 Å². The molecule has 0 aliphatic rings. The van der Waals surface area contributed by atoms with Crippen LogP contribution in [0.15, 0.2) is 4.47 Å². The summed E-state index contributed by atoms with van der Waals surface area (Å²) in [4.78, 5) is 7.73. The number of aromatic amines is 1. The molecule has 1 aromatic heterocycles. The van der Waals surface area contributed by atoms with E-state index >= 15 is 0 Å². The predicted octanol–water partition coefficient (Wildman–Crippen LogP) is 4.34. The molecule has 17 heavy (non-hydrogen) atoms. The van der Waals surface area contributed by atoms with Gasteiger partial charge in [0, 0.05) is 12.3 Å². The van der Waals surface area contributed by atoms with Crippen LogP contribution in [0.5, 0.6) is 0 Å². The molecule has 0 aliphatic carbocycles. The number of nitrogens with one attached hydrogen (secondary N) is 1. The standard InChI is InChI=1S/C12H19BrN2OS/c1-4-7-9(16-6-3)11-14-8(5-2)10(13)12(17)15-11/h9H,4-7H2,1-3H3,(H,14,15,17). The summed E-state index contributed by atoms with van der Waals surface area (Å²) in [5, 5.41) is 0. The number of rotatable bonds is 6. The molecule has 0 amide bonds. The topological polar surface area (TPSA) is 37.9 Å². The maximum absolute atomic E-state index is 5.71. The van der Waals surface area contributed by atoms with Crippen LogP contribution >= 0.6 is 28.1 Å². The van der Waals surface area contributed by atoms with Gasteiger partial charge in [-0.3, -0.25) is 0 Å². The van der Waals surface area contributed by atoms with Crippen molar-refractivity contribution in [2.24, 2.45) is 0 Å². The minimum atomic E-state index is 0.0186. The number of hydrogen-bond acceptors (Lipinski definition) is 3. The van der Waals surface area contributed by atoms with Crippen LogP contribution < -0.4 is 0 Å². The summed E-state index contributed by atoms with van der Waals surface area (Å²) in [7, 11) is 0. The Kier molecular flexibility index (Phi) is 6.30. The first-order valence-electron chi connectivity index (χ1n) is 6.04. The minimum absolute atomic E-state index is 0.0186. The van der Waals surface area contributed by atoms with Gasteiger partial charge in [0.2, 0.25) is 0 Å². The minimum Gasteiger partial charge on any atom is -0.371 e. The van der Waals surface area contributed by atoms with E-state index in [4.69, 9.17) is 17.0 Å². The van der Waals surface area contributed by atoms with Crippen molar-refractivity contribution in [1.82, 2.24) is 9.97 Å². The van der Waals surface area contributed by atoms with Crippen LogP contribution in [-0.2, 0) is 11.2 Å². The van der Waals surface area contributed by atoms with Gasteiger partial charge in [0.25, 0.3) is 0 Å². The van der Waals surface area contributed by atoms with E-state index in [2.05, 4.69) is 39.7 Å². The van der Waals surface area contributed by atoms with Crippen molar-refractivity contribution in [2.75, 3.05) is 6.61 Å². The molecule has 0 fully saturated rings. The second kappa shape index (κ2) is 7.24. The van der Waals surface area contributed by atoms with E-state index in [1.807, 2.05) is 6.92 Å². The number of aryl methyl sites for hydroxylation is 1.